The van der Waals surface area contributed by atoms with Gasteiger partial charge in [-0.3, -0.25) is 14.6 Å². The van der Waals surface area contributed by atoms with Crippen LogP contribution in [-0.2, 0) is 25.2 Å². The zero-order chi connectivity index (χ0) is 21.9. The van der Waals surface area contributed by atoms with Crippen LogP contribution < -0.4 is 5.32 Å². The van der Waals surface area contributed by atoms with Crippen molar-refractivity contribution in [2.24, 2.45) is 0 Å². The minimum Gasteiger partial charge on any atom is -0.381 e. The minimum atomic E-state index is -0.987. The van der Waals surface area contributed by atoms with E-state index in [1.807, 2.05) is 18.2 Å². The molecule has 2 fully saturated rings. The number of pyridine rings is 1. The molecule has 1 aromatic heterocycles. The first-order chi connectivity index (χ1) is 15.0. The Hall–Kier alpha value is -2.80. The standard InChI is InChI=1S/C24H28FN3O3/c1-26-21(29)24(20-9-4-5-13-27-20)10-6-14-28(17-24)22(30)23(11-15-31-16-12-23)18-7-2-3-8-19(18)25/h2-5,7-9,13H,6,10-12,14-17H2,1H3,(H,26,29). The van der Waals surface area contributed by atoms with Crippen molar-refractivity contribution in [3.8, 4) is 0 Å². The van der Waals surface area contributed by atoms with Gasteiger partial charge in [-0.2, -0.15) is 0 Å². The first-order valence-electron chi connectivity index (χ1n) is 10.8. The lowest BCUT2D eigenvalue weighted by Gasteiger charge is -2.46. The number of benzene rings is 1. The number of aromatic nitrogens is 1. The van der Waals surface area contributed by atoms with Gasteiger partial charge in [0.15, 0.2) is 0 Å². The van der Waals surface area contributed by atoms with Crippen LogP contribution in [0.25, 0.3) is 0 Å². The molecule has 0 saturated carbocycles. The Morgan fingerprint density at radius 1 is 1.06 bits per heavy atom. The third-order valence-electron chi connectivity index (χ3n) is 6.74. The van der Waals surface area contributed by atoms with Gasteiger partial charge in [0.2, 0.25) is 11.8 Å². The second kappa shape index (κ2) is 8.75. The first kappa shape index (κ1) is 21.4. The first-order valence-corrected chi connectivity index (χ1v) is 10.8. The molecule has 7 heteroatoms. The van der Waals surface area contributed by atoms with E-state index in [-0.39, 0.29) is 24.2 Å². The second-order valence-electron chi connectivity index (χ2n) is 8.38. The highest BCUT2D eigenvalue weighted by molar-refractivity contribution is 5.92. The van der Waals surface area contributed by atoms with E-state index in [1.165, 1.54) is 6.07 Å². The van der Waals surface area contributed by atoms with E-state index in [0.717, 1.165) is 0 Å². The smallest absolute Gasteiger partial charge is 0.233 e. The number of hydrogen-bond acceptors (Lipinski definition) is 4. The molecule has 1 aromatic carbocycles. The summed E-state index contributed by atoms with van der Waals surface area (Å²) in [6.45, 7) is 1.55. The van der Waals surface area contributed by atoms with Gasteiger partial charge in [0, 0.05) is 45.1 Å². The number of nitrogens with one attached hydrogen (secondary N) is 1. The van der Waals surface area contributed by atoms with Crippen LogP contribution in [0.5, 0.6) is 0 Å². The fourth-order valence-corrected chi connectivity index (χ4v) is 5.10. The summed E-state index contributed by atoms with van der Waals surface area (Å²) >= 11 is 0. The van der Waals surface area contributed by atoms with E-state index in [0.29, 0.717) is 56.7 Å². The van der Waals surface area contributed by atoms with Gasteiger partial charge in [-0.05, 0) is 43.9 Å². The zero-order valence-electron chi connectivity index (χ0n) is 17.8. The predicted molar refractivity (Wildman–Crippen MR) is 114 cm³/mol. The largest absolute Gasteiger partial charge is 0.381 e. The molecule has 2 aliphatic heterocycles. The van der Waals surface area contributed by atoms with Crippen LogP contribution >= 0.6 is 0 Å². The van der Waals surface area contributed by atoms with Crippen molar-refractivity contribution in [1.29, 1.82) is 0 Å². The number of rotatable bonds is 4. The molecule has 2 aromatic rings. The molecular weight excluding hydrogens is 397 g/mol. The van der Waals surface area contributed by atoms with Crippen LogP contribution in [-0.4, -0.2) is 55.0 Å². The molecule has 0 radical (unpaired) electrons. The van der Waals surface area contributed by atoms with Gasteiger partial charge >= 0.3 is 0 Å². The summed E-state index contributed by atoms with van der Waals surface area (Å²) in [5.74, 6) is -0.669. The Morgan fingerprint density at radius 2 is 1.81 bits per heavy atom. The van der Waals surface area contributed by atoms with Crippen molar-refractivity contribution < 1.29 is 18.7 Å². The third-order valence-corrected chi connectivity index (χ3v) is 6.74. The van der Waals surface area contributed by atoms with Crippen molar-refractivity contribution in [2.45, 2.75) is 36.5 Å². The van der Waals surface area contributed by atoms with E-state index >= 15 is 0 Å². The molecular formula is C24H28FN3O3. The number of halogens is 1. The van der Waals surface area contributed by atoms with Crippen LogP contribution in [0.4, 0.5) is 4.39 Å². The van der Waals surface area contributed by atoms with E-state index in [2.05, 4.69) is 10.3 Å². The zero-order valence-corrected chi connectivity index (χ0v) is 17.8. The molecule has 164 valence electrons. The van der Waals surface area contributed by atoms with Crippen molar-refractivity contribution in [3.63, 3.8) is 0 Å². The van der Waals surface area contributed by atoms with Crippen LogP contribution in [0, 0.1) is 5.82 Å². The number of hydrogen-bond donors (Lipinski definition) is 1. The summed E-state index contributed by atoms with van der Waals surface area (Å²) < 4.78 is 20.4. The molecule has 0 aliphatic carbocycles. The van der Waals surface area contributed by atoms with Crippen LogP contribution in [0.15, 0.2) is 48.7 Å². The lowest BCUT2D eigenvalue weighted by molar-refractivity contribution is -0.145. The minimum absolute atomic E-state index is 0.134. The summed E-state index contributed by atoms with van der Waals surface area (Å²) in [7, 11) is 1.60. The van der Waals surface area contributed by atoms with Gasteiger partial charge in [-0.25, -0.2) is 4.39 Å². The highest BCUT2D eigenvalue weighted by atomic mass is 19.1. The van der Waals surface area contributed by atoms with Crippen LogP contribution in [0.3, 0.4) is 0 Å². The molecule has 2 aliphatic rings. The average Bonchev–Trinajstić information content (AvgIpc) is 2.84. The van der Waals surface area contributed by atoms with Gasteiger partial charge in [-0.15, -0.1) is 0 Å². The number of piperidine rings is 1. The molecule has 1 atom stereocenters. The number of ether oxygens (including phenoxy) is 1. The monoisotopic (exact) mass is 425 g/mol. The molecule has 31 heavy (non-hydrogen) atoms. The van der Waals surface area contributed by atoms with Crippen molar-refractivity contribution in [1.82, 2.24) is 15.2 Å². The SMILES string of the molecule is CNC(=O)C1(c2ccccn2)CCCN(C(=O)C2(c3ccccc3F)CCOCC2)C1. The molecule has 1 N–H and O–H groups in total. The summed E-state index contributed by atoms with van der Waals surface area (Å²) in [6, 6.07) is 12.0. The number of likely N-dealkylation sites (tertiary alicyclic amines) is 1. The van der Waals surface area contributed by atoms with Crippen molar-refractivity contribution in [3.05, 3.63) is 65.7 Å². The molecule has 2 amide bonds. The van der Waals surface area contributed by atoms with Gasteiger partial charge in [0.25, 0.3) is 0 Å². The van der Waals surface area contributed by atoms with Gasteiger partial charge in [-0.1, -0.05) is 24.3 Å². The van der Waals surface area contributed by atoms with Crippen LogP contribution in [0.1, 0.15) is 36.9 Å². The number of amides is 2. The maximum atomic E-state index is 14.9. The Bertz CT molecular complexity index is 946. The highest BCUT2D eigenvalue weighted by Gasteiger charge is 2.51. The molecule has 4 rings (SSSR count). The summed E-state index contributed by atoms with van der Waals surface area (Å²) in [6.07, 6.45) is 3.77. The van der Waals surface area contributed by atoms with Gasteiger partial charge < -0.3 is 15.0 Å². The normalized spacial score (nSPS) is 23.2. The molecule has 6 nitrogen and oxygen atoms in total. The molecule has 3 heterocycles. The quantitative estimate of drug-likeness (QED) is 0.817. The third kappa shape index (κ3) is 3.71. The Balaban J connectivity index is 1.73. The van der Waals surface area contributed by atoms with E-state index in [4.69, 9.17) is 4.74 Å². The van der Waals surface area contributed by atoms with Crippen molar-refractivity contribution in [2.75, 3.05) is 33.4 Å². The van der Waals surface area contributed by atoms with Crippen molar-refractivity contribution >= 4 is 11.8 Å². The topological polar surface area (TPSA) is 71.5 Å². The van der Waals surface area contributed by atoms with E-state index in [9.17, 15) is 14.0 Å². The number of likely N-dealkylation sites (N-methyl/N-ethyl adjacent to an activating group) is 1. The van der Waals surface area contributed by atoms with Gasteiger partial charge in [0.1, 0.15) is 11.2 Å². The Kier molecular flexibility index (Phi) is 6.05. The number of carbonyl (C=O) groups excluding carboxylic acids is 2. The Morgan fingerprint density at radius 3 is 2.48 bits per heavy atom. The predicted octanol–water partition coefficient (Wildman–Crippen LogP) is 2.58. The number of nitrogens with zero attached hydrogens (tertiary/aromatic N) is 2. The highest BCUT2D eigenvalue weighted by Crippen LogP contribution is 2.41. The average molecular weight is 426 g/mol. The van der Waals surface area contributed by atoms with Gasteiger partial charge in [0.05, 0.1) is 11.1 Å². The summed E-state index contributed by atoms with van der Waals surface area (Å²) in [4.78, 5) is 33.3. The maximum absolute atomic E-state index is 14.9. The fraction of sp³-hybridized carbons (Fsp3) is 0.458. The molecule has 0 bridgehead atoms. The lowest BCUT2D eigenvalue weighted by atomic mass is 9.70. The second-order valence-corrected chi connectivity index (χ2v) is 8.38. The summed E-state index contributed by atoms with van der Waals surface area (Å²) in [5, 5.41) is 2.77. The molecule has 1 unspecified atom stereocenters. The maximum Gasteiger partial charge on any atom is 0.233 e. The molecule has 0 spiro atoms. The number of carbonyl (C=O) groups is 2. The lowest BCUT2D eigenvalue weighted by Crippen LogP contribution is -2.59. The summed E-state index contributed by atoms with van der Waals surface area (Å²) in [5.41, 5.74) is -0.846. The van der Waals surface area contributed by atoms with E-state index < -0.39 is 10.8 Å². The molecule has 2 saturated heterocycles. The van der Waals surface area contributed by atoms with E-state index in [1.54, 1.807) is 36.3 Å². The van der Waals surface area contributed by atoms with Crippen LogP contribution in [0.2, 0.25) is 0 Å². The fourth-order valence-electron chi connectivity index (χ4n) is 5.10. The Labute approximate surface area is 181 Å².